The van der Waals surface area contributed by atoms with Crippen LogP contribution in [0.2, 0.25) is 0 Å². The Kier molecular flexibility index (Phi) is 5.99. The highest BCUT2D eigenvalue weighted by Crippen LogP contribution is 2.20. The van der Waals surface area contributed by atoms with E-state index in [0.29, 0.717) is 11.3 Å². The summed E-state index contributed by atoms with van der Waals surface area (Å²) in [6, 6.07) is 14.8. The molecule has 1 heterocycles. The van der Waals surface area contributed by atoms with Crippen LogP contribution >= 0.6 is 0 Å². The summed E-state index contributed by atoms with van der Waals surface area (Å²) in [5, 5.41) is 7.22. The molecular formula is C22H22FN3O2. The van der Waals surface area contributed by atoms with Crippen molar-refractivity contribution >= 4 is 11.7 Å². The third-order valence-electron chi connectivity index (χ3n) is 4.62. The number of nitrogens with zero attached hydrogens (tertiary/aromatic N) is 2. The first-order chi connectivity index (χ1) is 13.5. The minimum Gasteiger partial charge on any atom is -0.349 e. The molecule has 3 rings (SSSR count). The predicted octanol–water partition coefficient (Wildman–Crippen LogP) is 4.16. The van der Waals surface area contributed by atoms with Gasteiger partial charge in [0.15, 0.2) is 5.78 Å². The summed E-state index contributed by atoms with van der Waals surface area (Å²) in [5.41, 5.74) is 2.89. The van der Waals surface area contributed by atoms with E-state index in [0.717, 1.165) is 11.3 Å². The van der Waals surface area contributed by atoms with Crippen molar-refractivity contribution in [2.45, 2.75) is 32.7 Å². The van der Waals surface area contributed by atoms with Crippen LogP contribution in [0, 0.1) is 12.7 Å². The van der Waals surface area contributed by atoms with Crippen molar-refractivity contribution in [1.82, 2.24) is 15.1 Å². The number of hydrogen-bond acceptors (Lipinski definition) is 3. The Bertz CT molecular complexity index is 982. The van der Waals surface area contributed by atoms with Crippen LogP contribution in [0.5, 0.6) is 0 Å². The number of benzene rings is 2. The molecule has 0 radical (unpaired) electrons. The van der Waals surface area contributed by atoms with Gasteiger partial charge in [0.2, 0.25) is 5.91 Å². The molecule has 0 aliphatic rings. The number of nitrogens with one attached hydrogen (secondary N) is 1. The van der Waals surface area contributed by atoms with Gasteiger partial charge in [0.1, 0.15) is 5.82 Å². The van der Waals surface area contributed by atoms with Gasteiger partial charge < -0.3 is 5.32 Å². The summed E-state index contributed by atoms with van der Waals surface area (Å²) in [5.74, 6) is -0.591. The topological polar surface area (TPSA) is 64.0 Å². The molecule has 0 fully saturated rings. The third kappa shape index (κ3) is 4.52. The second-order valence-corrected chi connectivity index (χ2v) is 6.66. The third-order valence-corrected chi connectivity index (χ3v) is 4.62. The number of aromatic nitrogens is 2. The van der Waals surface area contributed by atoms with E-state index in [2.05, 4.69) is 10.4 Å². The van der Waals surface area contributed by atoms with E-state index in [-0.39, 0.29) is 36.4 Å². The van der Waals surface area contributed by atoms with Crippen LogP contribution in [0.15, 0.2) is 60.8 Å². The maximum Gasteiger partial charge on any atom is 0.220 e. The highest BCUT2D eigenvalue weighted by Gasteiger charge is 2.17. The lowest BCUT2D eigenvalue weighted by atomic mass is 10.1. The van der Waals surface area contributed by atoms with E-state index < -0.39 is 0 Å². The SMILES string of the molecule is Cc1c([C@@H](C)NC(=O)CCC(=O)c2ccccc2)cnn1-c1cccc(F)c1. The minimum atomic E-state index is -0.335. The molecule has 0 bridgehead atoms. The summed E-state index contributed by atoms with van der Waals surface area (Å²) < 4.78 is 15.1. The standard InChI is InChI=1S/C22H22FN3O2/c1-15(25-22(28)12-11-21(27)17-7-4-3-5-8-17)20-14-24-26(16(20)2)19-10-6-9-18(23)13-19/h3-10,13-15H,11-12H2,1-2H3,(H,25,28)/t15-/m1/s1. The van der Waals surface area contributed by atoms with Crippen molar-refractivity contribution in [2.24, 2.45) is 0 Å². The Hall–Kier alpha value is -3.28. The van der Waals surface area contributed by atoms with E-state index in [9.17, 15) is 14.0 Å². The molecule has 144 valence electrons. The molecule has 0 saturated carbocycles. The largest absolute Gasteiger partial charge is 0.349 e. The van der Waals surface area contributed by atoms with E-state index in [4.69, 9.17) is 0 Å². The molecule has 0 aliphatic carbocycles. The smallest absolute Gasteiger partial charge is 0.220 e. The fraction of sp³-hybridized carbons (Fsp3) is 0.227. The van der Waals surface area contributed by atoms with E-state index >= 15 is 0 Å². The molecular weight excluding hydrogens is 357 g/mol. The number of halogens is 1. The first kappa shape index (κ1) is 19.5. The maximum absolute atomic E-state index is 13.5. The van der Waals surface area contributed by atoms with Gasteiger partial charge >= 0.3 is 0 Å². The molecule has 28 heavy (non-hydrogen) atoms. The maximum atomic E-state index is 13.5. The monoisotopic (exact) mass is 379 g/mol. The number of Topliss-reactive ketones (excluding diaryl/α,β-unsaturated/α-hetero) is 1. The van der Waals surface area contributed by atoms with E-state index in [1.165, 1.54) is 12.1 Å². The molecule has 1 aromatic heterocycles. The Labute approximate surface area is 163 Å². The van der Waals surface area contributed by atoms with Gasteiger partial charge in [-0.05, 0) is 32.0 Å². The number of rotatable bonds is 7. The van der Waals surface area contributed by atoms with Crippen molar-refractivity contribution < 1.29 is 14.0 Å². The minimum absolute atomic E-state index is 0.0569. The number of amides is 1. The summed E-state index contributed by atoms with van der Waals surface area (Å²) in [6.45, 7) is 3.73. The van der Waals surface area contributed by atoms with E-state index in [1.807, 2.05) is 19.9 Å². The quantitative estimate of drug-likeness (QED) is 0.627. The molecule has 5 nitrogen and oxygen atoms in total. The van der Waals surface area contributed by atoms with Crippen LogP contribution in [0.25, 0.3) is 5.69 Å². The van der Waals surface area contributed by atoms with Crippen LogP contribution in [-0.4, -0.2) is 21.5 Å². The molecule has 0 saturated heterocycles. The average Bonchev–Trinajstić information content (AvgIpc) is 3.08. The molecule has 0 aliphatic heterocycles. The predicted molar refractivity (Wildman–Crippen MR) is 105 cm³/mol. The molecule has 2 aromatic carbocycles. The fourth-order valence-electron chi connectivity index (χ4n) is 3.10. The van der Waals surface area contributed by atoms with Gasteiger partial charge in [-0.2, -0.15) is 5.10 Å². The first-order valence-electron chi connectivity index (χ1n) is 9.14. The Balaban J connectivity index is 1.61. The number of ketones is 1. The Morgan fingerprint density at radius 1 is 1.11 bits per heavy atom. The number of hydrogen-bond donors (Lipinski definition) is 1. The second-order valence-electron chi connectivity index (χ2n) is 6.66. The van der Waals surface area contributed by atoms with Gasteiger partial charge in [-0.3, -0.25) is 9.59 Å². The molecule has 0 spiro atoms. The lowest BCUT2D eigenvalue weighted by molar-refractivity contribution is -0.121. The molecule has 0 unspecified atom stereocenters. The number of carbonyl (C=O) groups is 2. The van der Waals surface area contributed by atoms with Crippen LogP contribution in [0.4, 0.5) is 4.39 Å². The van der Waals surface area contributed by atoms with Crippen molar-refractivity contribution in [2.75, 3.05) is 0 Å². The summed E-state index contributed by atoms with van der Waals surface area (Å²) in [4.78, 5) is 24.4. The summed E-state index contributed by atoms with van der Waals surface area (Å²) >= 11 is 0. The van der Waals surface area contributed by atoms with Crippen LogP contribution < -0.4 is 5.32 Å². The van der Waals surface area contributed by atoms with E-state index in [1.54, 1.807) is 47.3 Å². The van der Waals surface area contributed by atoms with Gasteiger partial charge in [-0.25, -0.2) is 9.07 Å². The molecule has 3 aromatic rings. The summed E-state index contributed by atoms with van der Waals surface area (Å²) in [6.07, 6.45) is 1.94. The highest BCUT2D eigenvalue weighted by molar-refractivity contribution is 5.97. The fourth-order valence-corrected chi connectivity index (χ4v) is 3.10. The zero-order valence-electron chi connectivity index (χ0n) is 15.9. The highest BCUT2D eigenvalue weighted by atomic mass is 19.1. The summed E-state index contributed by atoms with van der Waals surface area (Å²) in [7, 11) is 0. The van der Waals surface area contributed by atoms with Crippen molar-refractivity contribution in [1.29, 1.82) is 0 Å². The zero-order valence-corrected chi connectivity index (χ0v) is 15.9. The van der Waals surface area contributed by atoms with Crippen molar-refractivity contribution in [3.05, 3.63) is 83.4 Å². The van der Waals surface area contributed by atoms with Crippen molar-refractivity contribution in [3.8, 4) is 5.69 Å². The van der Waals surface area contributed by atoms with Gasteiger partial charge in [0.25, 0.3) is 0 Å². The number of carbonyl (C=O) groups excluding carboxylic acids is 2. The Morgan fingerprint density at radius 3 is 2.57 bits per heavy atom. The van der Waals surface area contributed by atoms with Gasteiger partial charge in [0.05, 0.1) is 17.9 Å². The van der Waals surface area contributed by atoms with Gasteiger partial charge in [-0.15, -0.1) is 0 Å². The van der Waals surface area contributed by atoms with Crippen LogP contribution in [0.3, 0.4) is 0 Å². The molecule has 1 amide bonds. The molecule has 1 atom stereocenters. The van der Waals surface area contributed by atoms with Gasteiger partial charge in [-0.1, -0.05) is 36.4 Å². The first-order valence-corrected chi connectivity index (χ1v) is 9.14. The average molecular weight is 379 g/mol. The lowest BCUT2D eigenvalue weighted by Gasteiger charge is -2.14. The van der Waals surface area contributed by atoms with Crippen molar-refractivity contribution in [3.63, 3.8) is 0 Å². The lowest BCUT2D eigenvalue weighted by Crippen LogP contribution is -2.27. The zero-order chi connectivity index (χ0) is 20.1. The molecule has 6 heteroatoms. The Morgan fingerprint density at radius 2 is 1.86 bits per heavy atom. The van der Waals surface area contributed by atoms with Crippen LogP contribution in [-0.2, 0) is 4.79 Å². The normalized spacial score (nSPS) is 11.8. The molecule has 1 N–H and O–H groups in total. The van der Waals surface area contributed by atoms with Crippen LogP contribution in [0.1, 0.15) is 47.4 Å². The van der Waals surface area contributed by atoms with Gasteiger partial charge in [0, 0.05) is 29.7 Å². The second kappa shape index (κ2) is 8.61.